The lowest BCUT2D eigenvalue weighted by atomic mass is 10.1. The number of urea groups is 1. The Balaban J connectivity index is 1.57. The lowest BCUT2D eigenvalue weighted by Crippen LogP contribution is -2.54. The molecule has 11 nitrogen and oxygen atoms in total. The van der Waals surface area contributed by atoms with E-state index < -0.39 is 17.8 Å². The van der Waals surface area contributed by atoms with E-state index in [0.29, 0.717) is 33.8 Å². The van der Waals surface area contributed by atoms with Gasteiger partial charge < -0.3 is 24.3 Å². The number of halogens is 1. The predicted octanol–water partition coefficient (Wildman–Crippen LogP) is 5.25. The van der Waals surface area contributed by atoms with E-state index in [1.54, 1.807) is 18.2 Å². The average molecular weight is 652 g/mol. The molecule has 0 bridgehead atoms. The molecule has 0 aliphatic carbocycles. The van der Waals surface area contributed by atoms with Gasteiger partial charge in [0.15, 0.2) is 29.6 Å². The molecule has 0 atom stereocenters. The van der Waals surface area contributed by atoms with Crippen LogP contribution in [0.2, 0.25) is 0 Å². The van der Waals surface area contributed by atoms with Crippen molar-refractivity contribution >= 4 is 57.1 Å². The Morgan fingerprint density at radius 3 is 2.42 bits per heavy atom. The lowest BCUT2D eigenvalue weighted by molar-refractivity contribution is -0.122. The maximum Gasteiger partial charge on any atom is 0.335 e. The molecule has 1 heterocycles. The van der Waals surface area contributed by atoms with Crippen molar-refractivity contribution in [2.75, 3.05) is 37.7 Å². The number of methoxy groups -OCH3 is 2. The molecule has 1 fully saturated rings. The van der Waals surface area contributed by atoms with Crippen LogP contribution in [0.4, 0.5) is 16.2 Å². The first-order valence-electron chi connectivity index (χ1n) is 13.2. The zero-order valence-electron chi connectivity index (χ0n) is 24.0. The minimum absolute atomic E-state index is 0.188. The standard InChI is InChI=1S/C31H30BrN3O8/c1-5-12-42-24-11-10-20(16-25(24)40-3)35-30(38)21(29(37)34-31(35)39)13-19-14-22(32)28(26(15-19)41-4)43-17-27(36)33-23-9-7-6-8-18(23)2/h6-11,13-16H,5,12,17H2,1-4H3,(H,33,36)(H,34,37,39)/b21-13-. The van der Waals surface area contributed by atoms with Crippen molar-refractivity contribution in [3.05, 3.63) is 75.8 Å². The highest BCUT2D eigenvalue weighted by Crippen LogP contribution is 2.38. The molecule has 0 aromatic heterocycles. The summed E-state index contributed by atoms with van der Waals surface area (Å²) in [4.78, 5) is 52.3. The molecule has 0 radical (unpaired) electrons. The molecule has 3 aromatic rings. The third kappa shape index (κ3) is 7.15. The van der Waals surface area contributed by atoms with Gasteiger partial charge in [0.1, 0.15) is 5.57 Å². The molecule has 5 amide bonds. The number of aryl methyl sites for hydroxylation is 1. The summed E-state index contributed by atoms with van der Waals surface area (Å²) in [5.41, 5.74) is 1.88. The number of nitrogens with zero attached hydrogens (tertiary/aromatic N) is 1. The van der Waals surface area contributed by atoms with Crippen molar-refractivity contribution in [1.29, 1.82) is 0 Å². The Morgan fingerprint density at radius 2 is 1.72 bits per heavy atom. The fourth-order valence-corrected chi connectivity index (χ4v) is 4.76. The van der Waals surface area contributed by atoms with Crippen LogP contribution in [0.15, 0.2) is 64.6 Å². The van der Waals surface area contributed by atoms with Crippen molar-refractivity contribution in [3.63, 3.8) is 0 Å². The number of amides is 5. The Hall–Kier alpha value is -4.84. The third-order valence-corrected chi connectivity index (χ3v) is 6.89. The van der Waals surface area contributed by atoms with E-state index in [4.69, 9.17) is 18.9 Å². The Bertz CT molecular complexity index is 1600. The molecule has 4 rings (SSSR count). The lowest BCUT2D eigenvalue weighted by Gasteiger charge is -2.27. The van der Waals surface area contributed by atoms with Gasteiger partial charge in [-0.3, -0.25) is 19.7 Å². The van der Waals surface area contributed by atoms with E-state index in [-0.39, 0.29) is 35.3 Å². The van der Waals surface area contributed by atoms with E-state index in [9.17, 15) is 19.2 Å². The fraction of sp³-hybridized carbons (Fsp3) is 0.226. The minimum Gasteiger partial charge on any atom is -0.493 e. The molecular formula is C31H30BrN3O8. The van der Waals surface area contributed by atoms with Gasteiger partial charge in [0.25, 0.3) is 17.7 Å². The summed E-state index contributed by atoms with van der Waals surface area (Å²) < 4.78 is 22.6. The van der Waals surface area contributed by atoms with Crippen molar-refractivity contribution in [3.8, 4) is 23.0 Å². The number of para-hydroxylation sites is 1. The molecule has 0 spiro atoms. The van der Waals surface area contributed by atoms with Crippen LogP contribution in [0.25, 0.3) is 6.08 Å². The smallest absolute Gasteiger partial charge is 0.335 e. The van der Waals surface area contributed by atoms with E-state index in [0.717, 1.165) is 16.9 Å². The highest BCUT2D eigenvalue weighted by molar-refractivity contribution is 9.10. The number of barbiturate groups is 1. The van der Waals surface area contributed by atoms with Crippen LogP contribution in [-0.2, 0) is 14.4 Å². The number of carbonyl (C=O) groups is 4. The SMILES string of the molecule is CCCOc1ccc(N2C(=O)NC(=O)/C(=C/c3cc(Br)c(OCC(=O)Nc4ccccc4C)c(OC)c3)C2=O)cc1OC. The Labute approximate surface area is 256 Å². The number of ether oxygens (including phenoxy) is 4. The van der Waals surface area contributed by atoms with Gasteiger partial charge in [0, 0.05) is 11.8 Å². The van der Waals surface area contributed by atoms with Crippen LogP contribution < -0.4 is 34.5 Å². The van der Waals surface area contributed by atoms with Crippen LogP contribution >= 0.6 is 15.9 Å². The fourth-order valence-electron chi connectivity index (χ4n) is 4.19. The summed E-state index contributed by atoms with van der Waals surface area (Å²) in [6.45, 7) is 4.01. The molecule has 1 saturated heterocycles. The molecule has 1 aliphatic rings. The van der Waals surface area contributed by atoms with Crippen LogP contribution in [0.5, 0.6) is 23.0 Å². The van der Waals surface area contributed by atoms with Gasteiger partial charge in [-0.05, 0) is 76.8 Å². The van der Waals surface area contributed by atoms with Gasteiger partial charge in [0.2, 0.25) is 0 Å². The number of hydrogen-bond donors (Lipinski definition) is 2. The second-order valence-electron chi connectivity index (χ2n) is 9.33. The largest absolute Gasteiger partial charge is 0.493 e. The second-order valence-corrected chi connectivity index (χ2v) is 10.2. The van der Waals surface area contributed by atoms with E-state index in [2.05, 4.69) is 26.6 Å². The van der Waals surface area contributed by atoms with Crippen molar-refractivity contribution in [2.45, 2.75) is 20.3 Å². The molecule has 0 unspecified atom stereocenters. The summed E-state index contributed by atoms with van der Waals surface area (Å²) in [6, 6.07) is 14.2. The van der Waals surface area contributed by atoms with Crippen LogP contribution in [-0.4, -0.2) is 51.2 Å². The first-order chi connectivity index (χ1) is 20.7. The van der Waals surface area contributed by atoms with E-state index in [1.807, 2.05) is 32.0 Å². The average Bonchev–Trinajstić information content (AvgIpc) is 2.98. The molecule has 12 heteroatoms. The van der Waals surface area contributed by atoms with Crippen molar-refractivity contribution < 1.29 is 38.1 Å². The van der Waals surface area contributed by atoms with Gasteiger partial charge >= 0.3 is 6.03 Å². The number of hydrogen-bond acceptors (Lipinski definition) is 8. The van der Waals surface area contributed by atoms with Crippen molar-refractivity contribution in [2.24, 2.45) is 0 Å². The monoisotopic (exact) mass is 651 g/mol. The maximum absolute atomic E-state index is 13.5. The third-order valence-electron chi connectivity index (χ3n) is 6.30. The van der Waals surface area contributed by atoms with Gasteiger partial charge in [-0.1, -0.05) is 25.1 Å². The van der Waals surface area contributed by atoms with E-state index in [1.165, 1.54) is 38.5 Å². The highest BCUT2D eigenvalue weighted by Gasteiger charge is 2.37. The Morgan fingerprint density at radius 1 is 0.977 bits per heavy atom. The number of rotatable bonds is 11. The Kier molecular flexibility index (Phi) is 10.0. The normalized spacial score (nSPS) is 13.9. The van der Waals surface area contributed by atoms with Crippen LogP contribution in [0.3, 0.4) is 0 Å². The molecule has 43 heavy (non-hydrogen) atoms. The van der Waals surface area contributed by atoms with Crippen LogP contribution in [0, 0.1) is 6.92 Å². The number of nitrogens with one attached hydrogen (secondary N) is 2. The summed E-state index contributed by atoms with van der Waals surface area (Å²) in [5, 5.41) is 5.00. The quantitative estimate of drug-likeness (QED) is 0.212. The minimum atomic E-state index is -0.900. The topological polar surface area (TPSA) is 132 Å². The molecule has 3 aromatic carbocycles. The van der Waals surface area contributed by atoms with Gasteiger partial charge in [-0.2, -0.15) is 0 Å². The molecule has 1 aliphatic heterocycles. The first-order valence-corrected chi connectivity index (χ1v) is 14.0. The number of imide groups is 2. The molecule has 224 valence electrons. The summed E-state index contributed by atoms with van der Waals surface area (Å²) in [6.07, 6.45) is 2.11. The highest BCUT2D eigenvalue weighted by atomic mass is 79.9. The second kappa shape index (κ2) is 13.9. The number of carbonyl (C=O) groups excluding carboxylic acids is 4. The first kappa shape index (κ1) is 31.1. The molecular weight excluding hydrogens is 622 g/mol. The number of benzene rings is 3. The summed E-state index contributed by atoms with van der Waals surface area (Å²) in [7, 11) is 2.86. The maximum atomic E-state index is 13.5. The number of anilines is 2. The summed E-state index contributed by atoms with van der Waals surface area (Å²) >= 11 is 3.42. The molecule has 0 saturated carbocycles. The van der Waals surface area contributed by atoms with Gasteiger partial charge in [-0.25, -0.2) is 9.69 Å². The molecule has 2 N–H and O–H groups in total. The van der Waals surface area contributed by atoms with E-state index >= 15 is 0 Å². The van der Waals surface area contributed by atoms with Crippen LogP contribution in [0.1, 0.15) is 24.5 Å². The van der Waals surface area contributed by atoms with Gasteiger partial charge in [0.05, 0.1) is 31.0 Å². The zero-order valence-corrected chi connectivity index (χ0v) is 25.6. The van der Waals surface area contributed by atoms with Gasteiger partial charge in [-0.15, -0.1) is 0 Å². The predicted molar refractivity (Wildman–Crippen MR) is 164 cm³/mol. The zero-order chi connectivity index (χ0) is 31.1. The van der Waals surface area contributed by atoms with Crippen molar-refractivity contribution in [1.82, 2.24) is 5.32 Å². The summed E-state index contributed by atoms with van der Waals surface area (Å²) in [5.74, 6) is -0.786.